The lowest BCUT2D eigenvalue weighted by Crippen LogP contribution is -2.24. The minimum atomic E-state index is 0.183. The second kappa shape index (κ2) is 4.08. The number of rotatable bonds is 3. The summed E-state index contributed by atoms with van der Waals surface area (Å²) >= 11 is 0. The molecule has 1 aliphatic heterocycles. The summed E-state index contributed by atoms with van der Waals surface area (Å²) in [6.07, 6.45) is 1.86. The van der Waals surface area contributed by atoms with Crippen molar-refractivity contribution in [1.82, 2.24) is 15.1 Å². The molecule has 15 heavy (non-hydrogen) atoms. The highest BCUT2D eigenvalue weighted by atomic mass is 16.5. The monoisotopic (exact) mass is 211 g/mol. The first-order valence-corrected chi connectivity index (χ1v) is 4.99. The quantitative estimate of drug-likeness (QED) is 0.704. The molecule has 0 radical (unpaired) electrons. The molecule has 1 aromatic heterocycles. The van der Waals surface area contributed by atoms with Crippen molar-refractivity contribution in [2.45, 2.75) is 12.6 Å². The fourth-order valence-electron chi connectivity index (χ4n) is 1.78. The summed E-state index contributed by atoms with van der Waals surface area (Å²) in [6.45, 7) is 2.23. The van der Waals surface area contributed by atoms with Crippen LogP contribution in [0, 0.1) is 0 Å². The van der Waals surface area contributed by atoms with E-state index in [4.69, 9.17) is 10.5 Å². The minimum Gasteiger partial charge on any atom is -0.394 e. The number of ether oxygens (including phenoxy) is 1. The molecule has 0 aromatic carbocycles. The molecule has 6 nitrogen and oxygen atoms in total. The van der Waals surface area contributed by atoms with E-state index >= 15 is 0 Å². The lowest BCUT2D eigenvalue weighted by Gasteiger charge is -2.17. The molecule has 3 N–H and O–H groups in total. The third-order valence-electron chi connectivity index (χ3n) is 2.43. The summed E-state index contributed by atoms with van der Waals surface area (Å²) in [6, 6.07) is 0. The molecule has 0 saturated carbocycles. The van der Waals surface area contributed by atoms with Gasteiger partial charge in [-0.1, -0.05) is 0 Å². The number of nitrogen functional groups attached to an aromatic ring is 1. The molecule has 0 aliphatic carbocycles. The van der Waals surface area contributed by atoms with Crippen LogP contribution in [0.25, 0.3) is 0 Å². The fraction of sp³-hybridized carbons (Fsp3) is 0.667. The van der Waals surface area contributed by atoms with Gasteiger partial charge in [0, 0.05) is 20.6 Å². The summed E-state index contributed by atoms with van der Waals surface area (Å²) < 4.78 is 7.35. The zero-order valence-corrected chi connectivity index (χ0v) is 9.10. The molecule has 0 bridgehead atoms. The van der Waals surface area contributed by atoms with Gasteiger partial charge in [0.2, 0.25) is 0 Å². The van der Waals surface area contributed by atoms with E-state index < -0.39 is 0 Å². The Bertz CT molecular complexity index is 329. The average molecular weight is 211 g/mol. The van der Waals surface area contributed by atoms with Gasteiger partial charge in [0.25, 0.3) is 0 Å². The molecule has 1 atom stereocenters. The highest BCUT2D eigenvalue weighted by Crippen LogP contribution is 2.21. The van der Waals surface area contributed by atoms with E-state index in [0.717, 1.165) is 18.9 Å². The molecule has 6 heteroatoms. The first-order valence-electron chi connectivity index (χ1n) is 4.99. The van der Waals surface area contributed by atoms with Crippen LogP contribution in [0.2, 0.25) is 0 Å². The van der Waals surface area contributed by atoms with Crippen LogP contribution in [0.5, 0.6) is 0 Å². The number of nitrogens with two attached hydrogens (primary N) is 1. The standard InChI is InChI=1S/C9H17N5O/c1-13(2)9-8(10)4-12-14(9)5-7-3-11-6-15-7/h4,7,11H,3,5-6,10H2,1-2H3. The first kappa shape index (κ1) is 10.3. The Kier molecular flexibility index (Phi) is 2.79. The number of hydrogen-bond acceptors (Lipinski definition) is 5. The summed E-state index contributed by atoms with van der Waals surface area (Å²) in [5.41, 5.74) is 6.54. The Hall–Kier alpha value is -1.27. The topological polar surface area (TPSA) is 68.3 Å². The van der Waals surface area contributed by atoms with Gasteiger partial charge in [-0.25, -0.2) is 4.68 Å². The van der Waals surface area contributed by atoms with Gasteiger partial charge in [-0.05, 0) is 0 Å². The highest BCUT2D eigenvalue weighted by Gasteiger charge is 2.19. The van der Waals surface area contributed by atoms with Gasteiger partial charge in [0.15, 0.2) is 0 Å². The van der Waals surface area contributed by atoms with Gasteiger partial charge < -0.3 is 15.4 Å². The lowest BCUT2D eigenvalue weighted by atomic mass is 10.3. The van der Waals surface area contributed by atoms with Crippen molar-refractivity contribution in [1.29, 1.82) is 0 Å². The minimum absolute atomic E-state index is 0.183. The molecule has 1 fully saturated rings. The maximum Gasteiger partial charge on any atom is 0.149 e. The fourth-order valence-corrected chi connectivity index (χ4v) is 1.78. The zero-order chi connectivity index (χ0) is 10.8. The Labute approximate surface area is 89.0 Å². The number of hydrogen-bond donors (Lipinski definition) is 2. The van der Waals surface area contributed by atoms with Crippen molar-refractivity contribution in [3.8, 4) is 0 Å². The second-order valence-electron chi connectivity index (χ2n) is 3.89. The molecule has 2 heterocycles. The Morgan fingerprint density at radius 1 is 1.73 bits per heavy atom. The van der Waals surface area contributed by atoms with Crippen LogP contribution in [0.15, 0.2) is 6.20 Å². The van der Waals surface area contributed by atoms with Crippen molar-refractivity contribution in [3.63, 3.8) is 0 Å². The Morgan fingerprint density at radius 3 is 3.13 bits per heavy atom. The number of aromatic nitrogens is 2. The van der Waals surface area contributed by atoms with Crippen molar-refractivity contribution in [3.05, 3.63) is 6.20 Å². The van der Waals surface area contributed by atoms with Crippen molar-refractivity contribution >= 4 is 11.5 Å². The number of nitrogens with zero attached hydrogens (tertiary/aromatic N) is 3. The van der Waals surface area contributed by atoms with E-state index in [1.54, 1.807) is 6.20 Å². The third-order valence-corrected chi connectivity index (χ3v) is 2.43. The van der Waals surface area contributed by atoms with Gasteiger partial charge in [-0.3, -0.25) is 5.32 Å². The van der Waals surface area contributed by atoms with E-state index in [9.17, 15) is 0 Å². The molecule has 84 valence electrons. The van der Waals surface area contributed by atoms with E-state index in [1.165, 1.54) is 0 Å². The molecule has 1 aliphatic rings. The predicted octanol–water partition coefficient (Wildman–Crippen LogP) is -0.523. The van der Waals surface area contributed by atoms with Gasteiger partial charge >= 0.3 is 0 Å². The van der Waals surface area contributed by atoms with Crippen LogP contribution in [-0.2, 0) is 11.3 Å². The van der Waals surface area contributed by atoms with Crippen LogP contribution in [0.4, 0.5) is 11.5 Å². The van der Waals surface area contributed by atoms with E-state index in [1.807, 2.05) is 23.7 Å². The largest absolute Gasteiger partial charge is 0.394 e. The van der Waals surface area contributed by atoms with Crippen molar-refractivity contribution < 1.29 is 4.74 Å². The third kappa shape index (κ3) is 2.05. The van der Waals surface area contributed by atoms with Gasteiger partial charge in [0.1, 0.15) is 5.82 Å². The second-order valence-corrected chi connectivity index (χ2v) is 3.89. The highest BCUT2D eigenvalue weighted by molar-refractivity contribution is 5.61. The Morgan fingerprint density at radius 2 is 2.53 bits per heavy atom. The molecule has 1 aromatic rings. The van der Waals surface area contributed by atoms with Gasteiger partial charge in [0.05, 0.1) is 31.3 Å². The van der Waals surface area contributed by atoms with Gasteiger partial charge in [-0.15, -0.1) is 0 Å². The smallest absolute Gasteiger partial charge is 0.149 e. The maximum atomic E-state index is 5.84. The first-order chi connectivity index (χ1) is 7.18. The maximum absolute atomic E-state index is 5.84. The lowest BCUT2D eigenvalue weighted by molar-refractivity contribution is 0.0974. The number of anilines is 2. The average Bonchev–Trinajstić information content (AvgIpc) is 2.76. The summed E-state index contributed by atoms with van der Waals surface area (Å²) in [5.74, 6) is 0.936. The van der Waals surface area contributed by atoms with Crippen molar-refractivity contribution in [2.75, 3.05) is 38.0 Å². The van der Waals surface area contributed by atoms with Crippen molar-refractivity contribution in [2.24, 2.45) is 0 Å². The molecular weight excluding hydrogens is 194 g/mol. The van der Waals surface area contributed by atoms with E-state index in [0.29, 0.717) is 12.4 Å². The molecule has 0 spiro atoms. The zero-order valence-electron chi connectivity index (χ0n) is 9.10. The molecule has 1 saturated heterocycles. The van der Waals surface area contributed by atoms with Crippen LogP contribution in [0.1, 0.15) is 0 Å². The van der Waals surface area contributed by atoms with E-state index in [2.05, 4.69) is 10.4 Å². The van der Waals surface area contributed by atoms with Crippen LogP contribution in [-0.4, -0.2) is 43.3 Å². The molecular formula is C9H17N5O. The van der Waals surface area contributed by atoms with Crippen LogP contribution in [0.3, 0.4) is 0 Å². The number of nitrogens with one attached hydrogen (secondary N) is 1. The summed E-state index contributed by atoms with van der Waals surface area (Å²) in [7, 11) is 3.91. The predicted molar refractivity (Wildman–Crippen MR) is 58.7 cm³/mol. The Balaban J connectivity index is 2.13. The van der Waals surface area contributed by atoms with Crippen LogP contribution >= 0.6 is 0 Å². The molecule has 0 amide bonds. The van der Waals surface area contributed by atoms with E-state index in [-0.39, 0.29) is 6.10 Å². The molecule has 1 unspecified atom stereocenters. The molecule has 2 rings (SSSR count). The summed E-state index contributed by atoms with van der Waals surface area (Å²) in [4.78, 5) is 1.96. The van der Waals surface area contributed by atoms with Gasteiger partial charge in [-0.2, -0.15) is 5.10 Å². The summed E-state index contributed by atoms with van der Waals surface area (Å²) in [5, 5.41) is 7.38. The van der Waals surface area contributed by atoms with Crippen LogP contribution < -0.4 is 16.0 Å². The normalized spacial score (nSPS) is 20.8. The SMILES string of the molecule is CN(C)c1c(N)cnn1CC1CNCO1.